The third-order valence-electron chi connectivity index (χ3n) is 3.17. The number of hydrogen-bond acceptors (Lipinski definition) is 3. The molecular formula is C11H16ClNO2. The molecule has 84 valence electrons. The van der Waals surface area contributed by atoms with Gasteiger partial charge >= 0.3 is 0 Å². The van der Waals surface area contributed by atoms with Crippen LogP contribution in [0.15, 0.2) is 0 Å². The van der Waals surface area contributed by atoms with Gasteiger partial charge in [-0.25, -0.2) is 0 Å². The highest BCUT2D eigenvalue weighted by Crippen LogP contribution is 2.40. The van der Waals surface area contributed by atoms with Crippen LogP contribution in [0.1, 0.15) is 32.1 Å². The number of carbonyl (C=O) groups excluding carboxylic acids is 1. The van der Waals surface area contributed by atoms with Crippen LogP contribution in [-0.4, -0.2) is 19.0 Å². The lowest BCUT2D eigenvalue weighted by molar-refractivity contribution is -0.112. The lowest BCUT2D eigenvalue weighted by atomic mass is 9.71. The van der Waals surface area contributed by atoms with Crippen LogP contribution >= 0.6 is 11.6 Å². The van der Waals surface area contributed by atoms with Gasteiger partial charge in [-0.2, -0.15) is 5.26 Å². The smallest absolute Gasteiger partial charge is 0.221 e. The molecule has 0 unspecified atom stereocenters. The van der Waals surface area contributed by atoms with Crippen LogP contribution in [0, 0.1) is 22.7 Å². The molecule has 1 aliphatic rings. The van der Waals surface area contributed by atoms with Crippen molar-refractivity contribution in [3.8, 4) is 6.07 Å². The fourth-order valence-electron chi connectivity index (χ4n) is 2.23. The van der Waals surface area contributed by atoms with Crippen molar-refractivity contribution in [2.75, 3.05) is 13.7 Å². The molecule has 4 heteroatoms. The van der Waals surface area contributed by atoms with E-state index in [1.165, 1.54) is 0 Å². The zero-order valence-electron chi connectivity index (χ0n) is 8.96. The zero-order chi connectivity index (χ0) is 11.3. The Balaban J connectivity index is 2.46. The molecule has 1 rings (SSSR count). The molecule has 0 aliphatic heterocycles. The van der Waals surface area contributed by atoms with Gasteiger partial charge in [0.05, 0.1) is 18.1 Å². The number of carbonyl (C=O) groups is 1. The Bertz CT molecular complexity index is 264. The molecule has 0 atom stereocenters. The Hall–Kier alpha value is -0.590. The van der Waals surface area contributed by atoms with E-state index in [1.807, 2.05) is 0 Å². The number of nitriles is 1. The summed E-state index contributed by atoms with van der Waals surface area (Å²) in [6.45, 7) is 0.491. The van der Waals surface area contributed by atoms with E-state index in [0.29, 0.717) is 18.9 Å². The standard InChI is InChI=1S/C11H16ClNO2/c1-15-8-11(7-13)4-2-9(3-5-11)6-10(12)14/h9H,2-6,8H2,1H3/t9-,11+. The molecule has 0 amide bonds. The molecule has 1 fully saturated rings. The summed E-state index contributed by atoms with van der Waals surface area (Å²) >= 11 is 5.35. The van der Waals surface area contributed by atoms with E-state index < -0.39 is 0 Å². The summed E-state index contributed by atoms with van der Waals surface area (Å²) in [5.41, 5.74) is -0.333. The molecule has 0 aromatic heterocycles. The first-order chi connectivity index (χ1) is 7.12. The number of nitrogens with zero attached hydrogens (tertiary/aromatic N) is 1. The molecule has 1 aliphatic carbocycles. The minimum absolute atomic E-state index is 0.267. The lowest BCUT2D eigenvalue weighted by Crippen LogP contribution is -2.30. The Morgan fingerprint density at radius 2 is 2.20 bits per heavy atom. The van der Waals surface area contributed by atoms with Crippen LogP contribution in [0.4, 0.5) is 0 Å². The summed E-state index contributed by atoms with van der Waals surface area (Å²) < 4.78 is 5.08. The fraction of sp³-hybridized carbons (Fsp3) is 0.818. The molecule has 0 bridgehead atoms. The van der Waals surface area contributed by atoms with Crippen LogP contribution in [0.3, 0.4) is 0 Å². The third-order valence-corrected chi connectivity index (χ3v) is 3.32. The van der Waals surface area contributed by atoms with Crippen molar-refractivity contribution < 1.29 is 9.53 Å². The van der Waals surface area contributed by atoms with Crippen molar-refractivity contribution >= 4 is 16.8 Å². The number of halogens is 1. The van der Waals surface area contributed by atoms with E-state index in [4.69, 9.17) is 21.6 Å². The minimum atomic E-state index is -0.333. The van der Waals surface area contributed by atoms with E-state index in [2.05, 4.69) is 6.07 Å². The predicted octanol–water partition coefficient (Wildman–Crippen LogP) is 2.49. The van der Waals surface area contributed by atoms with Gasteiger partial charge in [-0.3, -0.25) is 4.79 Å². The molecule has 0 aromatic rings. The molecule has 1 saturated carbocycles. The first kappa shape index (κ1) is 12.5. The van der Waals surface area contributed by atoms with E-state index in [9.17, 15) is 4.79 Å². The molecule has 0 spiro atoms. The molecule has 0 aromatic carbocycles. The van der Waals surface area contributed by atoms with Crippen LogP contribution in [0.2, 0.25) is 0 Å². The van der Waals surface area contributed by atoms with Gasteiger partial charge in [-0.05, 0) is 43.2 Å². The Kier molecular flexibility index (Phi) is 4.56. The first-order valence-corrected chi connectivity index (χ1v) is 5.58. The summed E-state index contributed by atoms with van der Waals surface area (Å²) in [5, 5.41) is 8.85. The number of methoxy groups -OCH3 is 1. The van der Waals surface area contributed by atoms with Crippen LogP contribution in [-0.2, 0) is 9.53 Å². The van der Waals surface area contributed by atoms with Crippen LogP contribution in [0.25, 0.3) is 0 Å². The quantitative estimate of drug-likeness (QED) is 0.696. The average Bonchev–Trinajstić information content (AvgIpc) is 2.21. The molecule has 15 heavy (non-hydrogen) atoms. The molecule has 0 radical (unpaired) electrons. The first-order valence-electron chi connectivity index (χ1n) is 5.20. The molecule has 0 heterocycles. The van der Waals surface area contributed by atoms with Gasteiger partial charge in [0.25, 0.3) is 0 Å². The third kappa shape index (κ3) is 3.48. The van der Waals surface area contributed by atoms with Gasteiger partial charge in [0.15, 0.2) is 0 Å². The summed E-state index contributed by atoms with van der Waals surface area (Å²) in [7, 11) is 1.62. The Labute approximate surface area is 95.4 Å². The summed E-state index contributed by atoms with van der Waals surface area (Å²) in [4.78, 5) is 10.7. The maximum absolute atomic E-state index is 10.7. The predicted molar refractivity (Wildman–Crippen MR) is 57.4 cm³/mol. The van der Waals surface area contributed by atoms with Crippen molar-refractivity contribution in [3.05, 3.63) is 0 Å². The maximum atomic E-state index is 10.7. The van der Waals surface area contributed by atoms with Crippen molar-refractivity contribution in [1.29, 1.82) is 5.26 Å². The highest BCUT2D eigenvalue weighted by molar-refractivity contribution is 6.63. The minimum Gasteiger partial charge on any atom is -0.383 e. The maximum Gasteiger partial charge on any atom is 0.221 e. The van der Waals surface area contributed by atoms with Crippen molar-refractivity contribution in [2.45, 2.75) is 32.1 Å². The number of hydrogen-bond donors (Lipinski definition) is 0. The topological polar surface area (TPSA) is 50.1 Å². The normalized spacial score (nSPS) is 30.9. The highest BCUT2D eigenvalue weighted by atomic mass is 35.5. The second-order valence-electron chi connectivity index (χ2n) is 4.33. The number of ether oxygens (including phenoxy) is 1. The van der Waals surface area contributed by atoms with Gasteiger partial charge < -0.3 is 4.74 Å². The Morgan fingerprint density at radius 1 is 1.60 bits per heavy atom. The van der Waals surface area contributed by atoms with E-state index in [0.717, 1.165) is 25.7 Å². The molecular weight excluding hydrogens is 214 g/mol. The van der Waals surface area contributed by atoms with Gasteiger partial charge in [-0.15, -0.1) is 0 Å². The van der Waals surface area contributed by atoms with Crippen molar-refractivity contribution in [2.24, 2.45) is 11.3 Å². The van der Waals surface area contributed by atoms with Gasteiger partial charge in [0.2, 0.25) is 5.24 Å². The van der Waals surface area contributed by atoms with Crippen molar-refractivity contribution in [1.82, 2.24) is 0 Å². The SMILES string of the molecule is COC[C@]1(C#N)CC[C@H](CC(=O)Cl)CC1. The zero-order valence-corrected chi connectivity index (χ0v) is 9.72. The van der Waals surface area contributed by atoms with Gasteiger partial charge in [0.1, 0.15) is 0 Å². The van der Waals surface area contributed by atoms with Crippen LogP contribution in [0.5, 0.6) is 0 Å². The number of rotatable bonds is 4. The van der Waals surface area contributed by atoms with E-state index >= 15 is 0 Å². The van der Waals surface area contributed by atoms with E-state index in [-0.39, 0.29) is 10.7 Å². The summed E-state index contributed by atoms with van der Waals surface area (Å²) in [6, 6.07) is 2.35. The highest BCUT2D eigenvalue weighted by Gasteiger charge is 2.35. The van der Waals surface area contributed by atoms with Crippen LogP contribution < -0.4 is 0 Å². The summed E-state index contributed by atoms with van der Waals surface area (Å²) in [5.74, 6) is 0.355. The summed E-state index contributed by atoms with van der Waals surface area (Å²) in [6.07, 6.45) is 3.86. The average molecular weight is 230 g/mol. The Morgan fingerprint density at radius 3 is 2.60 bits per heavy atom. The monoisotopic (exact) mass is 229 g/mol. The fourth-order valence-corrected chi connectivity index (χ4v) is 2.44. The molecule has 0 N–H and O–H groups in total. The molecule has 0 saturated heterocycles. The second-order valence-corrected chi connectivity index (χ2v) is 4.75. The largest absolute Gasteiger partial charge is 0.383 e. The van der Waals surface area contributed by atoms with E-state index in [1.54, 1.807) is 7.11 Å². The molecule has 3 nitrogen and oxygen atoms in total. The second kappa shape index (κ2) is 5.48. The van der Waals surface area contributed by atoms with Gasteiger partial charge in [-0.1, -0.05) is 0 Å². The van der Waals surface area contributed by atoms with Gasteiger partial charge in [0, 0.05) is 13.5 Å². The lowest BCUT2D eigenvalue weighted by Gasteiger charge is -2.33. The van der Waals surface area contributed by atoms with Crippen molar-refractivity contribution in [3.63, 3.8) is 0 Å².